The lowest BCUT2D eigenvalue weighted by Crippen LogP contribution is -2.43. The number of piperidine rings is 1. The first-order chi connectivity index (χ1) is 13.5. The number of hydrogen-bond acceptors (Lipinski definition) is 3. The number of likely N-dealkylation sites (tertiary alicyclic amines) is 1. The Balaban J connectivity index is 1.58. The predicted molar refractivity (Wildman–Crippen MR) is 114 cm³/mol. The van der Waals surface area contributed by atoms with Crippen molar-refractivity contribution in [3.05, 3.63) is 63.6 Å². The molecule has 0 aromatic heterocycles. The number of rotatable bonds is 6. The molecule has 1 heterocycles. The number of benzene rings is 2. The summed E-state index contributed by atoms with van der Waals surface area (Å²) in [5, 5.41) is 1.32. The van der Waals surface area contributed by atoms with E-state index < -0.39 is 0 Å². The zero-order chi connectivity index (χ0) is 20.1. The van der Waals surface area contributed by atoms with Gasteiger partial charge in [0.2, 0.25) is 5.91 Å². The van der Waals surface area contributed by atoms with Gasteiger partial charge in [-0.15, -0.1) is 0 Å². The SMILES string of the molecule is COc1ccc(CN(C)C(=O)[C@H]2CCCN(Cc3ccc(Cl)cc3Cl)C2)cc1. The molecule has 2 aromatic carbocycles. The van der Waals surface area contributed by atoms with Crippen LogP contribution >= 0.6 is 23.2 Å². The fourth-order valence-corrected chi connectivity index (χ4v) is 4.15. The van der Waals surface area contributed by atoms with Crippen LogP contribution in [0.4, 0.5) is 0 Å². The molecule has 0 bridgehead atoms. The summed E-state index contributed by atoms with van der Waals surface area (Å²) in [5.41, 5.74) is 2.14. The molecule has 0 radical (unpaired) electrons. The minimum Gasteiger partial charge on any atom is -0.497 e. The van der Waals surface area contributed by atoms with Crippen molar-refractivity contribution in [3.8, 4) is 5.75 Å². The van der Waals surface area contributed by atoms with Crippen molar-refractivity contribution in [3.63, 3.8) is 0 Å². The quantitative estimate of drug-likeness (QED) is 0.667. The third-order valence-electron chi connectivity index (χ3n) is 5.22. The zero-order valence-electron chi connectivity index (χ0n) is 16.3. The standard InChI is InChI=1S/C22H26Cl2N2O2/c1-25(13-16-5-9-20(28-2)10-6-16)22(27)18-4-3-11-26(15-18)14-17-7-8-19(23)12-21(17)24/h5-10,12,18H,3-4,11,13-15H2,1-2H3/t18-/m0/s1. The van der Waals surface area contributed by atoms with E-state index in [9.17, 15) is 4.79 Å². The normalized spacial score (nSPS) is 17.4. The van der Waals surface area contributed by atoms with Gasteiger partial charge in [-0.2, -0.15) is 0 Å². The number of amides is 1. The topological polar surface area (TPSA) is 32.8 Å². The lowest BCUT2D eigenvalue weighted by Gasteiger charge is -2.34. The number of carbonyl (C=O) groups is 1. The van der Waals surface area contributed by atoms with E-state index in [4.69, 9.17) is 27.9 Å². The van der Waals surface area contributed by atoms with Crippen LogP contribution in [0.25, 0.3) is 0 Å². The van der Waals surface area contributed by atoms with Crippen LogP contribution in [0.1, 0.15) is 24.0 Å². The van der Waals surface area contributed by atoms with E-state index >= 15 is 0 Å². The Kier molecular flexibility index (Phi) is 7.22. The Bertz CT molecular complexity index is 811. The zero-order valence-corrected chi connectivity index (χ0v) is 17.8. The highest BCUT2D eigenvalue weighted by Crippen LogP contribution is 2.26. The third kappa shape index (κ3) is 5.40. The summed E-state index contributed by atoms with van der Waals surface area (Å²) in [6, 6.07) is 13.4. The molecular weight excluding hydrogens is 395 g/mol. The minimum absolute atomic E-state index is 0.0167. The second-order valence-electron chi connectivity index (χ2n) is 7.35. The van der Waals surface area contributed by atoms with E-state index in [1.54, 1.807) is 13.2 Å². The Hall–Kier alpha value is -1.75. The summed E-state index contributed by atoms with van der Waals surface area (Å²) < 4.78 is 5.19. The lowest BCUT2D eigenvalue weighted by atomic mass is 9.96. The molecule has 150 valence electrons. The Morgan fingerprint density at radius 3 is 2.64 bits per heavy atom. The smallest absolute Gasteiger partial charge is 0.227 e. The van der Waals surface area contributed by atoms with E-state index in [1.807, 2.05) is 48.3 Å². The maximum Gasteiger partial charge on any atom is 0.227 e. The van der Waals surface area contributed by atoms with Gasteiger partial charge in [0.15, 0.2) is 0 Å². The second kappa shape index (κ2) is 9.64. The molecule has 0 saturated carbocycles. The average molecular weight is 421 g/mol. The highest BCUT2D eigenvalue weighted by molar-refractivity contribution is 6.35. The minimum atomic E-state index is 0.0167. The largest absolute Gasteiger partial charge is 0.497 e. The van der Waals surface area contributed by atoms with Crippen molar-refractivity contribution in [2.24, 2.45) is 5.92 Å². The Labute approximate surface area is 177 Å². The number of carbonyl (C=O) groups excluding carboxylic acids is 1. The van der Waals surface area contributed by atoms with Gasteiger partial charge in [-0.3, -0.25) is 9.69 Å². The van der Waals surface area contributed by atoms with Gasteiger partial charge < -0.3 is 9.64 Å². The van der Waals surface area contributed by atoms with Gasteiger partial charge >= 0.3 is 0 Å². The fourth-order valence-electron chi connectivity index (χ4n) is 3.69. The maximum atomic E-state index is 13.0. The lowest BCUT2D eigenvalue weighted by molar-refractivity contribution is -0.136. The van der Waals surface area contributed by atoms with E-state index in [-0.39, 0.29) is 11.8 Å². The molecule has 1 fully saturated rings. The number of nitrogens with zero attached hydrogens (tertiary/aromatic N) is 2. The molecular formula is C22H26Cl2N2O2. The van der Waals surface area contributed by atoms with Crippen molar-refractivity contribution in [1.29, 1.82) is 0 Å². The van der Waals surface area contributed by atoms with Gasteiger partial charge in [0.1, 0.15) is 5.75 Å². The molecule has 1 amide bonds. The van der Waals surface area contributed by atoms with Crippen molar-refractivity contribution in [2.75, 3.05) is 27.2 Å². The molecule has 1 saturated heterocycles. The van der Waals surface area contributed by atoms with E-state index in [2.05, 4.69) is 4.90 Å². The summed E-state index contributed by atoms with van der Waals surface area (Å²) in [4.78, 5) is 17.1. The summed E-state index contributed by atoms with van der Waals surface area (Å²) in [5.74, 6) is 1.03. The first kappa shape index (κ1) is 21.0. The first-order valence-corrected chi connectivity index (χ1v) is 10.3. The van der Waals surface area contributed by atoms with E-state index in [0.717, 1.165) is 49.4 Å². The maximum absolute atomic E-state index is 13.0. The van der Waals surface area contributed by atoms with Gasteiger partial charge in [-0.05, 0) is 54.8 Å². The van der Waals surface area contributed by atoms with Gasteiger partial charge in [0.05, 0.1) is 13.0 Å². The van der Waals surface area contributed by atoms with Gasteiger partial charge in [0.25, 0.3) is 0 Å². The van der Waals surface area contributed by atoms with Crippen LogP contribution in [0.2, 0.25) is 10.0 Å². The Morgan fingerprint density at radius 1 is 1.21 bits per heavy atom. The molecule has 0 unspecified atom stereocenters. The molecule has 1 aliphatic heterocycles. The van der Waals surface area contributed by atoms with Crippen molar-refractivity contribution in [2.45, 2.75) is 25.9 Å². The third-order valence-corrected chi connectivity index (χ3v) is 5.81. The monoisotopic (exact) mass is 420 g/mol. The van der Waals surface area contributed by atoms with Crippen molar-refractivity contribution >= 4 is 29.1 Å². The van der Waals surface area contributed by atoms with Gasteiger partial charge in [-0.25, -0.2) is 0 Å². The molecule has 0 aliphatic carbocycles. The molecule has 4 nitrogen and oxygen atoms in total. The van der Waals surface area contributed by atoms with Crippen LogP contribution in [0.5, 0.6) is 5.75 Å². The highest BCUT2D eigenvalue weighted by Gasteiger charge is 2.28. The Morgan fingerprint density at radius 2 is 1.96 bits per heavy atom. The summed E-state index contributed by atoms with van der Waals surface area (Å²) >= 11 is 12.3. The average Bonchev–Trinajstić information content (AvgIpc) is 2.70. The molecule has 28 heavy (non-hydrogen) atoms. The summed E-state index contributed by atoms with van der Waals surface area (Å²) in [7, 11) is 3.53. The molecule has 1 atom stereocenters. The number of hydrogen-bond donors (Lipinski definition) is 0. The van der Waals surface area contributed by atoms with E-state index in [1.165, 1.54) is 0 Å². The van der Waals surface area contributed by atoms with Crippen LogP contribution in [0, 0.1) is 5.92 Å². The second-order valence-corrected chi connectivity index (χ2v) is 8.20. The van der Waals surface area contributed by atoms with Gasteiger partial charge in [-0.1, -0.05) is 41.4 Å². The fraction of sp³-hybridized carbons (Fsp3) is 0.409. The van der Waals surface area contributed by atoms with Crippen LogP contribution in [-0.4, -0.2) is 43.0 Å². The molecule has 1 aliphatic rings. The molecule has 0 spiro atoms. The molecule has 0 N–H and O–H groups in total. The van der Waals surface area contributed by atoms with Crippen LogP contribution < -0.4 is 4.74 Å². The molecule has 2 aromatic rings. The number of ether oxygens (including phenoxy) is 1. The van der Waals surface area contributed by atoms with Crippen LogP contribution in [0.15, 0.2) is 42.5 Å². The van der Waals surface area contributed by atoms with E-state index in [0.29, 0.717) is 16.6 Å². The van der Waals surface area contributed by atoms with Gasteiger partial charge in [0, 0.05) is 36.7 Å². The van der Waals surface area contributed by atoms with Crippen molar-refractivity contribution in [1.82, 2.24) is 9.80 Å². The van der Waals surface area contributed by atoms with Crippen LogP contribution in [0.3, 0.4) is 0 Å². The highest BCUT2D eigenvalue weighted by atomic mass is 35.5. The predicted octanol–water partition coefficient (Wildman–Crippen LogP) is 4.87. The van der Waals surface area contributed by atoms with Crippen LogP contribution in [-0.2, 0) is 17.9 Å². The first-order valence-electron chi connectivity index (χ1n) is 9.50. The number of halogens is 2. The van der Waals surface area contributed by atoms with Crippen molar-refractivity contribution < 1.29 is 9.53 Å². The molecule has 6 heteroatoms. The number of methoxy groups -OCH3 is 1. The summed E-state index contributed by atoms with van der Waals surface area (Å²) in [6.45, 7) is 3.07. The molecule has 3 rings (SSSR count). The summed E-state index contributed by atoms with van der Waals surface area (Å²) in [6.07, 6.45) is 1.94.